The number of ether oxygens (including phenoxy) is 1. The minimum absolute atomic E-state index is 0.157. The van der Waals surface area contributed by atoms with Crippen LogP contribution < -0.4 is 4.90 Å². The lowest BCUT2D eigenvalue weighted by Gasteiger charge is -2.41. The molecule has 1 unspecified atom stereocenters. The molecule has 0 saturated carbocycles. The van der Waals surface area contributed by atoms with Gasteiger partial charge in [-0.15, -0.1) is 0 Å². The number of halogens is 1. The number of ketones is 1. The van der Waals surface area contributed by atoms with E-state index in [0.717, 1.165) is 19.3 Å². The molecule has 0 radical (unpaired) electrons. The standard InChI is InChI=1S/C26H27ClN2O5/c1-16-4-3-5-17(2)28(16)22-14-24(31)29(25(22)32)21-12-8-19(9-13-21)26(33)34-15-23(30)18-6-10-20(27)11-7-18/h6-13,16-17,22H,3-5,14-15H2,1-2H3/t16-,17+,22?. The van der Waals surface area contributed by atoms with E-state index in [4.69, 9.17) is 16.3 Å². The Morgan fingerprint density at radius 2 is 1.53 bits per heavy atom. The first kappa shape index (κ1) is 24.1. The lowest BCUT2D eigenvalue weighted by molar-refractivity contribution is -0.124. The fourth-order valence-corrected chi connectivity index (χ4v) is 4.98. The van der Waals surface area contributed by atoms with Crippen LogP contribution in [0.25, 0.3) is 0 Å². The van der Waals surface area contributed by atoms with E-state index in [-0.39, 0.29) is 41.7 Å². The predicted octanol–water partition coefficient (Wildman–Crippen LogP) is 4.27. The van der Waals surface area contributed by atoms with Crippen molar-refractivity contribution < 1.29 is 23.9 Å². The minimum Gasteiger partial charge on any atom is -0.454 e. The van der Waals surface area contributed by atoms with Gasteiger partial charge in [0, 0.05) is 22.7 Å². The lowest BCUT2D eigenvalue weighted by atomic mass is 9.94. The third kappa shape index (κ3) is 4.91. The maximum absolute atomic E-state index is 13.2. The molecule has 3 atom stereocenters. The maximum Gasteiger partial charge on any atom is 0.338 e. The highest BCUT2D eigenvalue weighted by Crippen LogP contribution is 2.32. The van der Waals surface area contributed by atoms with E-state index in [2.05, 4.69) is 18.7 Å². The van der Waals surface area contributed by atoms with Crippen LogP contribution in [-0.2, 0) is 14.3 Å². The topological polar surface area (TPSA) is 84.0 Å². The second-order valence-electron chi connectivity index (χ2n) is 8.92. The second-order valence-corrected chi connectivity index (χ2v) is 9.35. The van der Waals surface area contributed by atoms with E-state index >= 15 is 0 Å². The van der Waals surface area contributed by atoms with E-state index in [9.17, 15) is 19.2 Å². The van der Waals surface area contributed by atoms with Crippen molar-refractivity contribution in [2.75, 3.05) is 11.5 Å². The zero-order valence-electron chi connectivity index (χ0n) is 19.2. The number of benzene rings is 2. The summed E-state index contributed by atoms with van der Waals surface area (Å²) < 4.78 is 5.13. The van der Waals surface area contributed by atoms with Gasteiger partial charge in [0.2, 0.25) is 5.91 Å². The molecule has 2 saturated heterocycles. The van der Waals surface area contributed by atoms with Crippen molar-refractivity contribution in [2.24, 2.45) is 0 Å². The number of likely N-dealkylation sites (tertiary alicyclic amines) is 1. The van der Waals surface area contributed by atoms with Gasteiger partial charge in [-0.25, -0.2) is 9.69 Å². The number of anilines is 1. The Hall–Kier alpha value is -3.03. The summed E-state index contributed by atoms with van der Waals surface area (Å²) in [4.78, 5) is 53.9. The quantitative estimate of drug-likeness (QED) is 0.347. The first-order chi connectivity index (χ1) is 16.3. The number of amides is 2. The molecule has 7 nitrogen and oxygen atoms in total. The first-order valence-corrected chi connectivity index (χ1v) is 11.8. The summed E-state index contributed by atoms with van der Waals surface area (Å²) in [5, 5.41) is 0.509. The molecule has 2 aliphatic heterocycles. The van der Waals surface area contributed by atoms with Gasteiger partial charge >= 0.3 is 5.97 Å². The van der Waals surface area contributed by atoms with Crippen LogP contribution in [0, 0.1) is 0 Å². The van der Waals surface area contributed by atoms with E-state index in [1.165, 1.54) is 17.0 Å². The van der Waals surface area contributed by atoms with Crippen LogP contribution in [0.4, 0.5) is 5.69 Å². The van der Waals surface area contributed by atoms with Crippen LogP contribution in [-0.4, -0.2) is 53.2 Å². The maximum atomic E-state index is 13.2. The van der Waals surface area contributed by atoms with Crippen LogP contribution in [0.3, 0.4) is 0 Å². The van der Waals surface area contributed by atoms with E-state index in [1.807, 2.05) is 0 Å². The lowest BCUT2D eigenvalue weighted by Crippen LogP contribution is -2.52. The van der Waals surface area contributed by atoms with Crippen molar-refractivity contribution in [3.8, 4) is 0 Å². The van der Waals surface area contributed by atoms with E-state index in [1.54, 1.807) is 36.4 Å². The Bertz CT molecular complexity index is 1090. The number of carbonyl (C=O) groups excluding carboxylic acids is 4. The van der Waals surface area contributed by atoms with Gasteiger partial charge in [0.25, 0.3) is 5.91 Å². The third-order valence-corrected chi connectivity index (χ3v) is 6.86. The first-order valence-electron chi connectivity index (χ1n) is 11.5. The van der Waals surface area contributed by atoms with Crippen LogP contribution in [0.1, 0.15) is 60.2 Å². The van der Waals surface area contributed by atoms with Crippen LogP contribution in [0.15, 0.2) is 48.5 Å². The molecule has 0 aromatic heterocycles. The van der Waals surface area contributed by atoms with Gasteiger partial charge in [0.15, 0.2) is 12.4 Å². The molecule has 178 valence electrons. The van der Waals surface area contributed by atoms with Gasteiger partial charge in [-0.1, -0.05) is 18.0 Å². The molecular weight excluding hydrogens is 456 g/mol. The fourth-order valence-electron chi connectivity index (χ4n) is 4.86. The Kier molecular flexibility index (Phi) is 7.14. The number of piperidine rings is 1. The number of nitrogens with zero attached hydrogens (tertiary/aromatic N) is 2. The van der Waals surface area contributed by atoms with Crippen LogP contribution >= 0.6 is 11.6 Å². The van der Waals surface area contributed by atoms with Gasteiger partial charge < -0.3 is 4.74 Å². The van der Waals surface area contributed by atoms with Gasteiger partial charge in [-0.2, -0.15) is 0 Å². The van der Waals surface area contributed by atoms with Crippen molar-refractivity contribution in [2.45, 2.75) is 57.7 Å². The average molecular weight is 483 g/mol. The molecule has 4 rings (SSSR count). The molecular formula is C26H27ClN2O5. The van der Waals surface area contributed by atoms with Gasteiger partial charge in [-0.3, -0.25) is 19.3 Å². The number of imide groups is 1. The van der Waals surface area contributed by atoms with Gasteiger partial charge in [-0.05, 0) is 75.2 Å². The van der Waals surface area contributed by atoms with Crippen molar-refractivity contribution in [3.63, 3.8) is 0 Å². The highest BCUT2D eigenvalue weighted by Gasteiger charge is 2.46. The third-order valence-electron chi connectivity index (χ3n) is 6.61. The summed E-state index contributed by atoms with van der Waals surface area (Å²) in [6.07, 6.45) is 3.31. The number of esters is 1. The summed E-state index contributed by atoms with van der Waals surface area (Å²) in [5.74, 6) is -1.48. The normalized spacial score (nSPS) is 23.3. The SMILES string of the molecule is C[C@@H]1CCC[C@H](C)N1C1CC(=O)N(c2ccc(C(=O)OCC(=O)c3ccc(Cl)cc3)cc2)C1=O. The van der Waals surface area contributed by atoms with Crippen molar-refractivity contribution >= 4 is 40.9 Å². The number of Topliss-reactive ketones (excluding diaryl/α,β-unsaturated/α-hetero) is 1. The Balaban J connectivity index is 1.40. The summed E-state index contributed by atoms with van der Waals surface area (Å²) in [7, 11) is 0. The summed E-state index contributed by atoms with van der Waals surface area (Å²) in [6.45, 7) is 3.81. The van der Waals surface area contributed by atoms with Crippen molar-refractivity contribution in [1.29, 1.82) is 0 Å². The summed E-state index contributed by atoms with van der Waals surface area (Å²) >= 11 is 5.82. The highest BCUT2D eigenvalue weighted by molar-refractivity contribution is 6.30. The monoisotopic (exact) mass is 482 g/mol. The fraction of sp³-hybridized carbons (Fsp3) is 0.385. The Morgan fingerprint density at radius 1 is 0.941 bits per heavy atom. The summed E-state index contributed by atoms with van der Waals surface area (Å²) in [5.41, 5.74) is 1.04. The average Bonchev–Trinajstić information content (AvgIpc) is 3.11. The molecule has 2 aromatic carbocycles. The Morgan fingerprint density at radius 3 is 2.15 bits per heavy atom. The molecule has 2 amide bonds. The number of carbonyl (C=O) groups is 4. The van der Waals surface area contributed by atoms with Crippen LogP contribution in [0.5, 0.6) is 0 Å². The van der Waals surface area contributed by atoms with Crippen molar-refractivity contribution in [1.82, 2.24) is 4.90 Å². The van der Waals surface area contributed by atoms with Gasteiger partial charge in [0.05, 0.1) is 23.7 Å². The molecule has 34 heavy (non-hydrogen) atoms. The number of hydrogen-bond acceptors (Lipinski definition) is 6. The van der Waals surface area contributed by atoms with E-state index in [0.29, 0.717) is 16.3 Å². The smallest absolute Gasteiger partial charge is 0.338 e. The second kappa shape index (κ2) is 10.1. The van der Waals surface area contributed by atoms with Crippen LogP contribution in [0.2, 0.25) is 5.02 Å². The minimum atomic E-state index is -0.665. The number of hydrogen-bond donors (Lipinski definition) is 0. The van der Waals surface area contributed by atoms with E-state index < -0.39 is 18.6 Å². The molecule has 2 aliphatic rings. The zero-order valence-corrected chi connectivity index (χ0v) is 20.0. The largest absolute Gasteiger partial charge is 0.454 e. The molecule has 0 bridgehead atoms. The molecule has 0 N–H and O–H groups in total. The zero-order chi connectivity index (χ0) is 24.4. The predicted molar refractivity (Wildman–Crippen MR) is 128 cm³/mol. The summed E-state index contributed by atoms with van der Waals surface area (Å²) in [6, 6.07) is 12.4. The molecule has 2 heterocycles. The Labute approximate surface area is 203 Å². The number of rotatable bonds is 6. The molecule has 2 fully saturated rings. The van der Waals surface area contributed by atoms with Gasteiger partial charge in [0.1, 0.15) is 0 Å². The molecule has 0 aliphatic carbocycles. The molecule has 8 heteroatoms. The highest BCUT2D eigenvalue weighted by atomic mass is 35.5. The molecule has 0 spiro atoms. The van der Waals surface area contributed by atoms with Crippen molar-refractivity contribution in [3.05, 3.63) is 64.7 Å². The molecule has 2 aromatic rings.